The minimum absolute atomic E-state index is 0.203. The van der Waals surface area contributed by atoms with E-state index in [0.29, 0.717) is 40.7 Å². The first kappa shape index (κ1) is 20.1. The number of H-pyrrole nitrogens is 1. The van der Waals surface area contributed by atoms with Gasteiger partial charge in [-0.3, -0.25) is 14.6 Å². The maximum atomic E-state index is 12.9. The van der Waals surface area contributed by atoms with Gasteiger partial charge in [0.1, 0.15) is 17.3 Å². The number of rotatable bonds is 7. The summed E-state index contributed by atoms with van der Waals surface area (Å²) >= 11 is 0. The van der Waals surface area contributed by atoms with Crippen LogP contribution in [-0.4, -0.2) is 32.8 Å². The fourth-order valence-electron chi connectivity index (χ4n) is 3.11. The number of aryl methyl sites for hydroxylation is 1. The SMILES string of the molecule is CCCc1cc(=O)[nH]c(-n2nc(-c3ccco3)cc2NC(=O)c2cccc(OC)c2)n1. The highest BCUT2D eigenvalue weighted by molar-refractivity contribution is 6.04. The average molecular weight is 419 g/mol. The molecular formula is C22H21N5O4. The molecule has 31 heavy (non-hydrogen) atoms. The zero-order valence-corrected chi connectivity index (χ0v) is 17.1. The van der Waals surface area contributed by atoms with Crippen molar-refractivity contribution in [2.45, 2.75) is 19.8 Å². The first-order valence-electron chi connectivity index (χ1n) is 9.77. The third-order valence-electron chi connectivity index (χ3n) is 4.55. The Morgan fingerprint density at radius 3 is 2.84 bits per heavy atom. The van der Waals surface area contributed by atoms with E-state index in [9.17, 15) is 9.59 Å². The number of methoxy groups -OCH3 is 1. The van der Waals surface area contributed by atoms with Gasteiger partial charge in [-0.05, 0) is 36.8 Å². The lowest BCUT2D eigenvalue weighted by Gasteiger charge is -2.09. The van der Waals surface area contributed by atoms with Gasteiger partial charge in [0.05, 0.1) is 13.4 Å². The highest BCUT2D eigenvalue weighted by Gasteiger charge is 2.18. The Labute approximate surface area is 177 Å². The van der Waals surface area contributed by atoms with Crippen LogP contribution >= 0.6 is 0 Å². The van der Waals surface area contributed by atoms with Crippen molar-refractivity contribution in [1.82, 2.24) is 19.7 Å². The molecule has 0 aliphatic heterocycles. The molecule has 0 saturated carbocycles. The van der Waals surface area contributed by atoms with Gasteiger partial charge in [0.2, 0.25) is 5.95 Å². The lowest BCUT2D eigenvalue weighted by molar-refractivity contribution is 0.102. The number of amides is 1. The van der Waals surface area contributed by atoms with Crippen molar-refractivity contribution in [3.8, 4) is 23.2 Å². The predicted octanol–water partition coefficient (Wildman–Crippen LogP) is 3.43. The van der Waals surface area contributed by atoms with Crippen LogP contribution in [0.3, 0.4) is 0 Å². The maximum absolute atomic E-state index is 12.9. The normalized spacial score (nSPS) is 10.8. The first-order chi connectivity index (χ1) is 15.1. The molecule has 9 heteroatoms. The van der Waals surface area contributed by atoms with E-state index in [2.05, 4.69) is 20.4 Å². The lowest BCUT2D eigenvalue weighted by atomic mass is 10.2. The molecule has 0 radical (unpaired) electrons. The number of hydrogen-bond donors (Lipinski definition) is 2. The lowest BCUT2D eigenvalue weighted by Crippen LogP contribution is -2.19. The quantitative estimate of drug-likeness (QED) is 0.474. The van der Waals surface area contributed by atoms with E-state index in [-0.39, 0.29) is 17.4 Å². The summed E-state index contributed by atoms with van der Waals surface area (Å²) in [5.41, 5.74) is 1.23. The molecule has 0 bridgehead atoms. The van der Waals surface area contributed by atoms with Crippen LogP contribution in [0.25, 0.3) is 17.4 Å². The topological polar surface area (TPSA) is 115 Å². The van der Waals surface area contributed by atoms with Crippen molar-refractivity contribution in [3.63, 3.8) is 0 Å². The van der Waals surface area contributed by atoms with Gasteiger partial charge in [-0.15, -0.1) is 0 Å². The smallest absolute Gasteiger partial charge is 0.256 e. The number of aromatic amines is 1. The van der Waals surface area contributed by atoms with Crippen LogP contribution in [0.15, 0.2) is 64.0 Å². The Balaban J connectivity index is 1.76. The van der Waals surface area contributed by atoms with E-state index in [1.54, 1.807) is 42.5 Å². The molecule has 1 amide bonds. The Bertz CT molecular complexity index is 1260. The van der Waals surface area contributed by atoms with E-state index in [4.69, 9.17) is 9.15 Å². The van der Waals surface area contributed by atoms with Crippen LogP contribution in [0.1, 0.15) is 29.4 Å². The molecule has 2 N–H and O–H groups in total. The Morgan fingerprint density at radius 1 is 1.23 bits per heavy atom. The monoisotopic (exact) mass is 419 g/mol. The molecule has 0 fully saturated rings. The van der Waals surface area contributed by atoms with Crippen molar-refractivity contribution in [1.29, 1.82) is 0 Å². The molecule has 0 aliphatic carbocycles. The summed E-state index contributed by atoms with van der Waals surface area (Å²) in [5, 5.41) is 7.33. The van der Waals surface area contributed by atoms with E-state index in [1.807, 2.05) is 6.92 Å². The Morgan fingerprint density at radius 2 is 2.10 bits per heavy atom. The number of hydrogen-bond acceptors (Lipinski definition) is 6. The standard InChI is InChI=1S/C22H21N5O4/c1-3-6-15-12-20(28)25-22(23-15)27-19(13-17(26-27)18-9-5-10-31-18)24-21(29)14-7-4-8-16(11-14)30-2/h4-5,7-13H,3,6H2,1-2H3,(H,24,29)(H,23,25,28). The molecule has 4 rings (SSSR count). The first-order valence-corrected chi connectivity index (χ1v) is 9.77. The largest absolute Gasteiger partial charge is 0.497 e. The molecule has 9 nitrogen and oxygen atoms in total. The van der Waals surface area contributed by atoms with Gasteiger partial charge in [-0.1, -0.05) is 19.4 Å². The predicted molar refractivity (Wildman–Crippen MR) is 115 cm³/mol. The number of benzene rings is 1. The summed E-state index contributed by atoms with van der Waals surface area (Å²) < 4.78 is 12.0. The number of anilines is 1. The van der Waals surface area contributed by atoms with Crippen LogP contribution in [0.4, 0.5) is 5.82 Å². The van der Waals surface area contributed by atoms with E-state index in [1.165, 1.54) is 24.1 Å². The molecular weight excluding hydrogens is 398 g/mol. The van der Waals surface area contributed by atoms with Gasteiger partial charge in [-0.2, -0.15) is 9.78 Å². The van der Waals surface area contributed by atoms with E-state index in [0.717, 1.165) is 6.42 Å². The van der Waals surface area contributed by atoms with Crippen LogP contribution in [0, 0.1) is 0 Å². The summed E-state index contributed by atoms with van der Waals surface area (Å²) in [6.07, 6.45) is 3.02. The van der Waals surface area contributed by atoms with Gasteiger partial charge in [-0.25, -0.2) is 4.98 Å². The third kappa shape index (κ3) is 4.40. The number of nitrogens with zero attached hydrogens (tertiary/aromatic N) is 3. The van der Waals surface area contributed by atoms with Crippen LogP contribution in [0.5, 0.6) is 5.75 Å². The van der Waals surface area contributed by atoms with Crippen LogP contribution in [0.2, 0.25) is 0 Å². The number of ether oxygens (including phenoxy) is 1. The minimum atomic E-state index is -0.363. The number of carbonyl (C=O) groups is 1. The van der Waals surface area contributed by atoms with Gasteiger partial charge < -0.3 is 14.5 Å². The summed E-state index contributed by atoms with van der Waals surface area (Å²) in [5.74, 6) is 1.25. The number of furan rings is 1. The zero-order chi connectivity index (χ0) is 21.8. The minimum Gasteiger partial charge on any atom is -0.497 e. The van der Waals surface area contributed by atoms with Crippen molar-refractivity contribution in [3.05, 3.63) is 76.4 Å². The van der Waals surface area contributed by atoms with Gasteiger partial charge >= 0.3 is 0 Å². The van der Waals surface area contributed by atoms with Crippen molar-refractivity contribution >= 4 is 11.7 Å². The second-order valence-corrected chi connectivity index (χ2v) is 6.80. The summed E-state index contributed by atoms with van der Waals surface area (Å²) in [6.45, 7) is 2.01. The molecule has 3 heterocycles. The fourth-order valence-corrected chi connectivity index (χ4v) is 3.11. The highest BCUT2D eigenvalue weighted by Crippen LogP contribution is 2.25. The van der Waals surface area contributed by atoms with Crippen molar-refractivity contribution in [2.75, 3.05) is 12.4 Å². The molecule has 0 aliphatic rings. The highest BCUT2D eigenvalue weighted by atomic mass is 16.5. The molecule has 1 aromatic carbocycles. The van der Waals surface area contributed by atoms with E-state index >= 15 is 0 Å². The average Bonchev–Trinajstić information content (AvgIpc) is 3.43. The van der Waals surface area contributed by atoms with Crippen LogP contribution < -0.4 is 15.6 Å². The molecule has 0 atom stereocenters. The summed E-state index contributed by atoms with van der Waals surface area (Å²) in [4.78, 5) is 32.2. The third-order valence-corrected chi connectivity index (χ3v) is 4.55. The molecule has 0 saturated heterocycles. The van der Waals surface area contributed by atoms with Gasteiger partial charge in [0, 0.05) is 23.4 Å². The number of aromatic nitrogens is 4. The zero-order valence-electron chi connectivity index (χ0n) is 17.1. The van der Waals surface area contributed by atoms with Gasteiger partial charge in [0.15, 0.2) is 5.76 Å². The second-order valence-electron chi connectivity index (χ2n) is 6.80. The van der Waals surface area contributed by atoms with Gasteiger partial charge in [0.25, 0.3) is 11.5 Å². The van der Waals surface area contributed by atoms with Crippen molar-refractivity contribution < 1.29 is 13.9 Å². The Kier molecular flexibility index (Phi) is 5.65. The molecule has 158 valence electrons. The molecule has 3 aromatic heterocycles. The van der Waals surface area contributed by atoms with E-state index < -0.39 is 0 Å². The summed E-state index contributed by atoms with van der Waals surface area (Å²) in [7, 11) is 1.53. The summed E-state index contributed by atoms with van der Waals surface area (Å²) in [6, 6.07) is 13.4. The van der Waals surface area contributed by atoms with Crippen molar-refractivity contribution in [2.24, 2.45) is 0 Å². The number of nitrogens with one attached hydrogen (secondary N) is 2. The van der Waals surface area contributed by atoms with Crippen LogP contribution in [-0.2, 0) is 6.42 Å². The Hall–Kier alpha value is -4.14. The fraction of sp³-hybridized carbons (Fsp3) is 0.182. The number of carbonyl (C=O) groups excluding carboxylic acids is 1. The molecule has 4 aromatic rings. The maximum Gasteiger partial charge on any atom is 0.256 e. The molecule has 0 spiro atoms. The molecule has 0 unspecified atom stereocenters. The second kappa shape index (κ2) is 8.70.